The first kappa shape index (κ1) is 11.9. The van der Waals surface area contributed by atoms with Crippen LogP contribution in [-0.4, -0.2) is 10.2 Å². The molecule has 0 saturated carbocycles. The van der Waals surface area contributed by atoms with Crippen LogP contribution < -0.4 is 5.56 Å². The highest BCUT2D eigenvalue weighted by atomic mass is 35.5. The van der Waals surface area contributed by atoms with Gasteiger partial charge in [-0.25, -0.2) is 5.10 Å². The highest BCUT2D eigenvalue weighted by Crippen LogP contribution is 2.22. The maximum atomic E-state index is 11.4. The normalized spacial score (nSPS) is 10.5. The number of rotatable bonds is 2. The first-order chi connectivity index (χ1) is 8.11. The summed E-state index contributed by atoms with van der Waals surface area (Å²) in [6.07, 6.45) is 0. The van der Waals surface area contributed by atoms with Gasteiger partial charge in [-0.1, -0.05) is 23.8 Å². The third kappa shape index (κ3) is 2.39. The van der Waals surface area contributed by atoms with Crippen molar-refractivity contribution in [1.29, 1.82) is 0 Å². The van der Waals surface area contributed by atoms with E-state index in [9.17, 15) is 4.79 Å². The van der Waals surface area contributed by atoms with E-state index in [-0.39, 0.29) is 11.4 Å². The summed E-state index contributed by atoms with van der Waals surface area (Å²) in [5.41, 5.74) is 4.40. The van der Waals surface area contributed by atoms with Gasteiger partial charge in [0.2, 0.25) is 0 Å². The Morgan fingerprint density at radius 1 is 1.29 bits per heavy atom. The van der Waals surface area contributed by atoms with Crippen molar-refractivity contribution in [2.24, 2.45) is 0 Å². The van der Waals surface area contributed by atoms with Crippen LogP contribution in [-0.2, 0) is 5.88 Å². The number of hydrogen-bond acceptors (Lipinski definition) is 2. The number of aryl methyl sites for hydroxylation is 2. The van der Waals surface area contributed by atoms with Crippen molar-refractivity contribution in [2.75, 3.05) is 0 Å². The zero-order valence-corrected chi connectivity index (χ0v) is 10.5. The third-order valence-corrected chi connectivity index (χ3v) is 2.97. The lowest BCUT2D eigenvalue weighted by Crippen LogP contribution is -2.13. The van der Waals surface area contributed by atoms with Crippen LogP contribution in [0.2, 0.25) is 0 Å². The molecule has 0 spiro atoms. The molecule has 88 valence electrons. The van der Waals surface area contributed by atoms with Gasteiger partial charge >= 0.3 is 0 Å². The molecule has 1 heterocycles. The van der Waals surface area contributed by atoms with Crippen LogP contribution in [0.1, 0.15) is 16.7 Å². The molecule has 0 aliphatic rings. The molecule has 2 rings (SSSR count). The molecule has 17 heavy (non-hydrogen) atoms. The summed E-state index contributed by atoms with van der Waals surface area (Å²) in [5, 5.41) is 6.52. The van der Waals surface area contributed by atoms with Gasteiger partial charge in [-0.15, -0.1) is 11.6 Å². The van der Waals surface area contributed by atoms with Gasteiger partial charge in [0.1, 0.15) is 0 Å². The lowest BCUT2D eigenvalue weighted by atomic mass is 10.0. The monoisotopic (exact) mass is 248 g/mol. The Labute approximate surface area is 104 Å². The van der Waals surface area contributed by atoms with Crippen molar-refractivity contribution in [3.63, 3.8) is 0 Å². The largest absolute Gasteiger partial charge is 0.268 e. The molecular weight excluding hydrogens is 236 g/mol. The molecule has 0 unspecified atom stereocenters. The summed E-state index contributed by atoms with van der Waals surface area (Å²) in [5.74, 6) is 0.190. The number of hydrogen-bond donors (Lipinski definition) is 1. The molecule has 0 amide bonds. The second-order valence-electron chi connectivity index (χ2n) is 4.06. The Kier molecular flexibility index (Phi) is 3.29. The zero-order valence-electron chi connectivity index (χ0n) is 9.75. The lowest BCUT2D eigenvalue weighted by Gasteiger charge is -2.06. The maximum absolute atomic E-state index is 11.4. The standard InChI is InChI=1S/C13H13ClN2O/c1-8-3-4-11(9(2)5-8)12-6-10(7-14)13(17)16-15-12/h3-6H,7H2,1-2H3,(H,16,17). The molecule has 2 aromatic rings. The van der Waals surface area contributed by atoms with Crippen LogP contribution in [0.15, 0.2) is 29.1 Å². The van der Waals surface area contributed by atoms with Crippen molar-refractivity contribution >= 4 is 11.6 Å². The average Bonchev–Trinajstić information content (AvgIpc) is 2.30. The minimum absolute atomic E-state index is 0.190. The Morgan fingerprint density at radius 2 is 2.06 bits per heavy atom. The Morgan fingerprint density at radius 3 is 2.71 bits per heavy atom. The molecule has 0 saturated heterocycles. The van der Waals surface area contributed by atoms with Gasteiger partial charge in [-0.2, -0.15) is 5.10 Å². The number of nitrogens with one attached hydrogen (secondary N) is 1. The fourth-order valence-corrected chi connectivity index (χ4v) is 1.98. The van der Waals surface area contributed by atoms with Gasteiger partial charge in [-0.05, 0) is 25.5 Å². The van der Waals surface area contributed by atoms with Gasteiger partial charge in [0, 0.05) is 11.1 Å². The minimum atomic E-state index is -0.228. The summed E-state index contributed by atoms with van der Waals surface area (Å²) in [4.78, 5) is 11.4. The zero-order chi connectivity index (χ0) is 12.4. The van der Waals surface area contributed by atoms with E-state index < -0.39 is 0 Å². The van der Waals surface area contributed by atoms with Crippen LogP contribution in [0.5, 0.6) is 0 Å². The molecule has 3 nitrogen and oxygen atoms in total. The van der Waals surface area contributed by atoms with Crippen molar-refractivity contribution in [1.82, 2.24) is 10.2 Å². The van der Waals surface area contributed by atoms with Gasteiger partial charge < -0.3 is 0 Å². The Bertz CT molecular complexity index is 605. The fraction of sp³-hybridized carbons (Fsp3) is 0.231. The molecular formula is C13H13ClN2O. The number of alkyl halides is 1. The molecule has 0 radical (unpaired) electrons. The Hall–Kier alpha value is -1.61. The molecule has 0 aliphatic heterocycles. The van der Waals surface area contributed by atoms with Gasteiger partial charge in [0.15, 0.2) is 0 Å². The highest BCUT2D eigenvalue weighted by molar-refractivity contribution is 6.17. The molecule has 1 aromatic carbocycles. The first-order valence-electron chi connectivity index (χ1n) is 5.34. The van der Waals surface area contributed by atoms with Crippen LogP contribution in [0.4, 0.5) is 0 Å². The molecule has 0 bridgehead atoms. The van der Waals surface area contributed by atoms with E-state index in [0.29, 0.717) is 5.56 Å². The number of aromatic nitrogens is 2. The SMILES string of the molecule is Cc1ccc(-c2cc(CCl)c(=O)[nH]n2)c(C)c1. The van der Waals surface area contributed by atoms with E-state index >= 15 is 0 Å². The summed E-state index contributed by atoms with van der Waals surface area (Å²) in [7, 11) is 0. The van der Waals surface area contributed by atoms with Crippen LogP contribution >= 0.6 is 11.6 Å². The number of halogens is 1. The lowest BCUT2D eigenvalue weighted by molar-refractivity contribution is 0.969. The van der Waals surface area contributed by atoms with E-state index in [1.165, 1.54) is 5.56 Å². The first-order valence-corrected chi connectivity index (χ1v) is 5.87. The summed E-state index contributed by atoms with van der Waals surface area (Å²) >= 11 is 5.71. The van der Waals surface area contributed by atoms with E-state index in [1.54, 1.807) is 6.07 Å². The van der Waals surface area contributed by atoms with Gasteiger partial charge in [-0.3, -0.25) is 4.79 Å². The molecule has 1 N–H and O–H groups in total. The smallest absolute Gasteiger partial charge is 0.268 e. The number of benzene rings is 1. The van der Waals surface area contributed by atoms with Crippen LogP contribution in [0.25, 0.3) is 11.3 Å². The van der Waals surface area contributed by atoms with E-state index in [4.69, 9.17) is 11.6 Å². The highest BCUT2D eigenvalue weighted by Gasteiger charge is 2.07. The maximum Gasteiger partial charge on any atom is 0.268 e. The van der Waals surface area contributed by atoms with Gasteiger partial charge in [0.05, 0.1) is 11.6 Å². The van der Waals surface area contributed by atoms with Gasteiger partial charge in [0.25, 0.3) is 5.56 Å². The van der Waals surface area contributed by atoms with Crippen molar-refractivity contribution in [2.45, 2.75) is 19.7 Å². The average molecular weight is 249 g/mol. The Balaban J connectivity index is 2.57. The van der Waals surface area contributed by atoms with Crippen molar-refractivity contribution in [3.8, 4) is 11.3 Å². The third-order valence-electron chi connectivity index (χ3n) is 2.68. The van der Waals surface area contributed by atoms with Crippen LogP contribution in [0.3, 0.4) is 0 Å². The van der Waals surface area contributed by atoms with Crippen molar-refractivity contribution < 1.29 is 0 Å². The van der Waals surface area contributed by atoms with E-state index in [2.05, 4.69) is 16.3 Å². The topological polar surface area (TPSA) is 45.8 Å². The summed E-state index contributed by atoms with van der Waals surface area (Å²) in [6.45, 7) is 4.07. The molecule has 0 aliphatic carbocycles. The second kappa shape index (κ2) is 4.72. The number of H-pyrrole nitrogens is 1. The predicted octanol–water partition coefficient (Wildman–Crippen LogP) is 2.79. The fourth-order valence-electron chi connectivity index (χ4n) is 1.78. The molecule has 0 atom stereocenters. The predicted molar refractivity (Wildman–Crippen MR) is 69.3 cm³/mol. The van der Waals surface area contributed by atoms with E-state index in [0.717, 1.165) is 16.8 Å². The van der Waals surface area contributed by atoms with E-state index in [1.807, 2.05) is 26.0 Å². The molecule has 4 heteroatoms. The quantitative estimate of drug-likeness (QED) is 0.831. The van der Waals surface area contributed by atoms with Crippen LogP contribution in [0, 0.1) is 13.8 Å². The second-order valence-corrected chi connectivity index (χ2v) is 4.33. The number of aromatic amines is 1. The summed E-state index contributed by atoms with van der Waals surface area (Å²) < 4.78 is 0. The molecule has 1 aromatic heterocycles. The minimum Gasteiger partial charge on any atom is -0.268 e. The van der Waals surface area contributed by atoms with Crippen molar-refractivity contribution in [3.05, 3.63) is 51.3 Å². The summed E-state index contributed by atoms with van der Waals surface area (Å²) in [6, 6.07) is 7.85. The molecule has 0 fully saturated rings. The number of nitrogens with zero attached hydrogens (tertiary/aromatic N) is 1.